The summed E-state index contributed by atoms with van der Waals surface area (Å²) in [6, 6.07) is 7.49. The van der Waals surface area contributed by atoms with Crippen LogP contribution in [0.2, 0.25) is 0 Å². The first-order valence-corrected chi connectivity index (χ1v) is 6.38. The van der Waals surface area contributed by atoms with E-state index in [1.165, 1.54) is 6.92 Å². The summed E-state index contributed by atoms with van der Waals surface area (Å²) >= 11 is 0. The molecule has 6 heteroatoms. The van der Waals surface area contributed by atoms with Crippen molar-refractivity contribution in [2.75, 3.05) is 32.0 Å². The van der Waals surface area contributed by atoms with Crippen molar-refractivity contribution in [2.45, 2.75) is 13.0 Å². The number of likely N-dealkylation sites (N-methyl/N-ethyl adjacent to an activating group) is 1. The molecule has 1 saturated heterocycles. The fourth-order valence-electron chi connectivity index (χ4n) is 2.03. The molecule has 1 heterocycles. The van der Waals surface area contributed by atoms with Gasteiger partial charge in [-0.25, -0.2) is 0 Å². The van der Waals surface area contributed by atoms with Crippen LogP contribution >= 0.6 is 12.4 Å². The predicted molar refractivity (Wildman–Crippen MR) is 81.6 cm³/mol. The Balaban J connectivity index is 0.00000200. The quantitative estimate of drug-likeness (QED) is 0.801. The summed E-state index contributed by atoms with van der Waals surface area (Å²) in [7, 11) is 1.93. The van der Waals surface area contributed by atoms with Gasteiger partial charge in [-0.15, -0.1) is 12.4 Å². The summed E-state index contributed by atoms with van der Waals surface area (Å²) in [6.07, 6.45) is 0. The highest BCUT2D eigenvalue weighted by molar-refractivity contribution is 6.04. The zero-order chi connectivity index (χ0) is 13.8. The van der Waals surface area contributed by atoms with E-state index in [2.05, 4.69) is 10.6 Å². The van der Waals surface area contributed by atoms with Crippen LogP contribution in [0, 0.1) is 0 Å². The number of rotatable bonds is 5. The molecule has 1 aromatic rings. The lowest BCUT2D eigenvalue weighted by Crippen LogP contribution is -2.57. The first kappa shape index (κ1) is 16.6. The maximum Gasteiger partial charge on any atom is 0.238 e. The first-order valence-electron chi connectivity index (χ1n) is 6.38. The molecule has 1 amide bonds. The van der Waals surface area contributed by atoms with Crippen LogP contribution in [-0.4, -0.2) is 49.3 Å². The third kappa shape index (κ3) is 4.03. The second kappa shape index (κ2) is 7.38. The standard InChI is InChI=1S/C14H19N3O2.ClH/c1-10(18)12-5-3-4-6-13(12)16-14(19)9-17(2)11-7-15-8-11;/h3-6,11,15H,7-9H2,1-2H3,(H,16,19);1H. The molecule has 5 nitrogen and oxygen atoms in total. The molecule has 0 spiro atoms. The molecule has 0 saturated carbocycles. The number of benzene rings is 1. The van der Waals surface area contributed by atoms with Crippen molar-refractivity contribution in [1.82, 2.24) is 10.2 Å². The molecule has 0 aromatic heterocycles. The number of halogens is 1. The van der Waals surface area contributed by atoms with Gasteiger partial charge in [0.2, 0.25) is 5.91 Å². The number of ketones is 1. The second-order valence-electron chi connectivity index (χ2n) is 4.88. The van der Waals surface area contributed by atoms with Gasteiger partial charge in [0.1, 0.15) is 0 Å². The van der Waals surface area contributed by atoms with E-state index < -0.39 is 0 Å². The SMILES string of the molecule is CC(=O)c1ccccc1NC(=O)CN(C)C1CNC1.Cl. The maximum absolute atomic E-state index is 12.0. The van der Waals surface area contributed by atoms with Gasteiger partial charge >= 0.3 is 0 Å². The fourth-order valence-corrected chi connectivity index (χ4v) is 2.03. The van der Waals surface area contributed by atoms with Crippen molar-refractivity contribution in [3.63, 3.8) is 0 Å². The largest absolute Gasteiger partial charge is 0.324 e. The Kier molecular flexibility index (Phi) is 6.13. The molecule has 2 rings (SSSR count). The molecule has 1 aromatic carbocycles. The molecular weight excluding hydrogens is 278 g/mol. The van der Waals surface area contributed by atoms with Crippen LogP contribution < -0.4 is 10.6 Å². The molecule has 0 bridgehead atoms. The summed E-state index contributed by atoms with van der Waals surface area (Å²) in [5, 5.41) is 5.98. The molecule has 0 radical (unpaired) electrons. The molecular formula is C14H20ClN3O2. The zero-order valence-electron chi connectivity index (χ0n) is 11.7. The minimum absolute atomic E-state index is 0. The summed E-state index contributed by atoms with van der Waals surface area (Å²) in [6.45, 7) is 3.68. The molecule has 1 fully saturated rings. The normalized spacial score (nSPS) is 14.3. The van der Waals surface area contributed by atoms with Crippen molar-refractivity contribution in [2.24, 2.45) is 0 Å². The number of para-hydroxylation sites is 1. The van der Waals surface area contributed by atoms with Gasteiger partial charge in [-0.05, 0) is 26.1 Å². The molecule has 1 aliphatic heterocycles. The number of hydrogen-bond donors (Lipinski definition) is 2. The Morgan fingerprint density at radius 3 is 2.55 bits per heavy atom. The molecule has 0 atom stereocenters. The van der Waals surface area contributed by atoms with E-state index in [1.54, 1.807) is 18.2 Å². The minimum Gasteiger partial charge on any atom is -0.324 e. The van der Waals surface area contributed by atoms with Crippen LogP contribution in [0.4, 0.5) is 5.69 Å². The highest BCUT2D eigenvalue weighted by Crippen LogP contribution is 2.15. The van der Waals surface area contributed by atoms with E-state index in [9.17, 15) is 9.59 Å². The van der Waals surface area contributed by atoms with Crippen molar-refractivity contribution >= 4 is 29.8 Å². The molecule has 1 aliphatic rings. The smallest absolute Gasteiger partial charge is 0.238 e. The van der Waals surface area contributed by atoms with Crippen molar-refractivity contribution in [1.29, 1.82) is 0 Å². The van der Waals surface area contributed by atoms with Crippen molar-refractivity contribution < 1.29 is 9.59 Å². The minimum atomic E-state index is -0.0944. The topological polar surface area (TPSA) is 61.4 Å². The number of anilines is 1. The Hall–Kier alpha value is -1.43. The van der Waals surface area contributed by atoms with Crippen LogP contribution in [0.5, 0.6) is 0 Å². The number of carbonyl (C=O) groups is 2. The van der Waals surface area contributed by atoms with Crippen LogP contribution in [-0.2, 0) is 4.79 Å². The van der Waals surface area contributed by atoms with Gasteiger partial charge in [0.15, 0.2) is 5.78 Å². The highest BCUT2D eigenvalue weighted by atomic mass is 35.5. The van der Waals surface area contributed by atoms with Crippen molar-refractivity contribution in [3.8, 4) is 0 Å². The van der Waals surface area contributed by atoms with Crippen molar-refractivity contribution in [3.05, 3.63) is 29.8 Å². The second-order valence-corrected chi connectivity index (χ2v) is 4.88. The van der Waals surface area contributed by atoms with E-state index in [0.717, 1.165) is 13.1 Å². The number of hydrogen-bond acceptors (Lipinski definition) is 4. The summed E-state index contributed by atoms with van der Waals surface area (Å²) in [5.41, 5.74) is 1.13. The van der Waals surface area contributed by atoms with Crippen LogP contribution in [0.25, 0.3) is 0 Å². The average Bonchev–Trinajstić information content (AvgIpc) is 2.26. The number of amides is 1. The van der Waals surface area contributed by atoms with E-state index in [0.29, 0.717) is 23.8 Å². The van der Waals surface area contributed by atoms with Gasteiger partial charge in [0, 0.05) is 24.7 Å². The molecule has 2 N–H and O–H groups in total. The number of nitrogens with zero attached hydrogens (tertiary/aromatic N) is 1. The van der Waals surface area contributed by atoms with E-state index in [1.807, 2.05) is 18.0 Å². The van der Waals surface area contributed by atoms with Crippen LogP contribution in [0.15, 0.2) is 24.3 Å². The van der Waals surface area contributed by atoms with E-state index >= 15 is 0 Å². The highest BCUT2D eigenvalue weighted by Gasteiger charge is 2.23. The Morgan fingerprint density at radius 1 is 1.35 bits per heavy atom. The lowest BCUT2D eigenvalue weighted by atomic mass is 10.1. The monoisotopic (exact) mass is 297 g/mol. The summed E-state index contributed by atoms with van der Waals surface area (Å²) < 4.78 is 0. The third-order valence-electron chi connectivity index (χ3n) is 3.36. The number of carbonyl (C=O) groups excluding carboxylic acids is 2. The van der Waals surface area contributed by atoms with Gasteiger partial charge < -0.3 is 10.6 Å². The molecule has 0 aliphatic carbocycles. The molecule has 20 heavy (non-hydrogen) atoms. The molecule has 0 unspecified atom stereocenters. The van der Waals surface area contributed by atoms with E-state index in [-0.39, 0.29) is 24.1 Å². The number of Topliss-reactive ketones (excluding diaryl/α,β-unsaturated/α-hetero) is 1. The van der Waals surface area contributed by atoms with Gasteiger partial charge in [-0.1, -0.05) is 12.1 Å². The zero-order valence-corrected chi connectivity index (χ0v) is 12.5. The summed E-state index contributed by atoms with van der Waals surface area (Å²) in [5.74, 6) is -0.143. The molecule has 110 valence electrons. The Labute approximate surface area is 125 Å². The number of nitrogens with one attached hydrogen (secondary N) is 2. The Morgan fingerprint density at radius 2 is 2.00 bits per heavy atom. The van der Waals surface area contributed by atoms with Gasteiger partial charge in [0.05, 0.1) is 12.2 Å². The van der Waals surface area contributed by atoms with E-state index in [4.69, 9.17) is 0 Å². The summed E-state index contributed by atoms with van der Waals surface area (Å²) in [4.78, 5) is 25.4. The van der Waals surface area contributed by atoms with Crippen LogP contribution in [0.3, 0.4) is 0 Å². The maximum atomic E-state index is 12.0. The Bertz CT molecular complexity index is 489. The first-order chi connectivity index (χ1) is 9.08. The fraction of sp³-hybridized carbons (Fsp3) is 0.429. The third-order valence-corrected chi connectivity index (χ3v) is 3.36. The van der Waals surface area contributed by atoms with Gasteiger partial charge in [0.25, 0.3) is 0 Å². The lowest BCUT2D eigenvalue weighted by Gasteiger charge is -2.35. The predicted octanol–water partition coefficient (Wildman–Crippen LogP) is 1.15. The van der Waals surface area contributed by atoms with Gasteiger partial charge in [-0.2, -0.15) is 0 Å². The van der Waals surface area contributed by atoms with Gasteiger partial charge in [-0.3, -0.25) is 14.5 Å². The van der Waals surface area contributed by atoms with Crippen LogP contribution in [0.1, 0.15) is 17.3 Å². The lowest BCUT2D eigenvalue weighted by molar-refractivity contribution is -0.117. The average molecular weight is 298 g/mol.